The Kier molecular flexibility index (Phi) is 4.40. The first kappa shape index (κ1) is 13.2. The fourth-order valence-electron chi connectivity index (χ4n) is 1.13. The maximum atomic E-state index is 11.2. The summed E-state index contributed by atoms with van der Waals surface area (Å²) in [5.74, 6) is -1.79. The molecule has 0 atom stereocenters. The number of hydrogen-bond acceptors (Lipinski definition) is 5. The molecule has 0 heterocycles. The molecule has 92 valence electrons. The molecule has 0 spiro atoms. The van der Waals surface area contributed by atoms with E-state index in [9.17, 15) is 9.59 Å². The third-order valence-corrected chi connectivity index (χ3v) is 1.99. The van der Waals surface area contributed by atoms with Crippen LogP contribution in [-0.4, -0.2) is 29.7 Å². The van der Waals surface area contributed by atoms with Crippen molar-refractivity contribution in [3.8, 4) is 6.07 Å². The molecule has 0 aliphatic carbocycles. The SMILES string of the molecule is CNC(=O)/C(C#N)=N/Nc1ccccc1C(=O)O. The number of hydrogen-bond donors (Lipinski definition) is 3. The predicted octanol–water partition coefficient (Wildman–Crippen LogP) is 0.422. The molecule has 3 N–H and O–H groups in total. The maximum Gasteiger partial charge on any atom is 0.337 e. The molecule has 0 radical (unpaired) electrons. The Balaban J connectivity index is 2.99. The largest absolute Gasteiger partial charge is 0.478 e. The highest BCUT2D eigenvalue weighted by molar-refractivity contribution is 6.45. The molecule has 7 heteroatoms. The Morgan fingerprint density at radius 2 is 2.06 bits per heavy atom. The van der Waals surface area contributed by atoms with Crippen molar-refractivity contribution in [3.63, 3.8) is 0 Å². The second-order valence-electron chi connectivity index (χ2n) is 3.11. The highest BCUT2D eigenvalue weighted by atomic mass is 16.4. The van der Waals surface area contributed by atoms with Crippen LogP contribution in [0.15, 0.2) is 29.4 Å². The van der Waals surface area contributed by atoms with Crippen LogP contribution in [0.25, 0.3) is 0 Å². The Morgan fingerprint density at radius 1 is 1.39 bits per heavy atom. The van der Waals surface area contributed by atoms with Gasteiger partial charge >= 0.3 is 5.97 Å². The Bertz CT molecular complexity index is 545. The van der Waals surface area contributed by atoms with E-state index in [-0.39, 0.29) is 11.3 Å². The van der Waals surface area contributed by atoms with Gasteiger partial charge in [0.1, 0.15) is 6.07 Å². The minimum atomic E-state index is -1.13. The van der Waals surface area contributed by atoms with E-state index in [1.54, 1.807) is 18.2 Å². The number of carboxylic acid groups (broad SMARTS) is 1. The van der Waals surface area contributed by atoms with E-state index in [1.165, 1.54) is 19.2 Å². The molecule has 1 aromatic carbocycles. The van der Waals surface area contributed by atoms with Crippen LogP contribution in [0.5, 0.6) is 0 Å². The maximum absolute atomic E-state index is 11.2. The van der Waals surface area contributed by atoms with Gasteiger partial charge in [-0.05, 0) is 12.1 Å². The quantitative estimate of drug-likeness (QED) is 0.526. The number of nitrogens with zero attached hydrogens (tertiary/aromatic N) is 2. The molecule has 0 bridgehead atoms. The van der Waals surface area contributed by atoms with Crippen LogP contribution in [0.4, 0.5) is 5.69 Å². The van der Waals surface area contributed by atoms with E-state index in [2.05, 4.69) is 15.8 Å². The van der Waals surface area contributed by atoms with Gasteiger partial charge < -0.3 is 10.4 Å². The minimum absolute atomic E-state index is 0.00422. The van der Waals surface area contributed by atoms with Gasteiger partial charge in [0, 0.05) is 7.05 Å². The summed E-state index contributed by atoms with van der Waals surface area (Å²) < 4.78 is 0. The lowest BCUT2D eigenvalue weighted by Gasteiger charge is -2.04. The average Bonchev–Trinajstić information content (AvgIpc) is 2.39. The minimum Gasteiger partial charge on any atom is -0.478 e. The van der Waals surface area contributed by atoms with Crippen LogP contribution in [0.2, 0.25) is 0 Å². The van der Waals surface area contributed by atoms with E-state index in [4.69, 9.17) is 10.4 Å². The van der Waals surface area contributed by atoms with Crippen molar-refractivity contribution < 1.29 is 14.7 Å². The number of carbonyl (C=O) groups is 2. The third-order valence-electron chi connectivity index (χ3n) is 1.99. The molecule has 0 fully saturated rings. The molecule has 0 saturated carbocycles. The summed E-state index contributed by atoms with van der Waals surface area (Å²) >= 11 is 0. The Labute approximate surface area is 103 Å². The van der Waals surface area contributed by atoms with Crippen molar-refractivity contribution in [2.75, 3.05) is 12.5 Å². The van der Waals surface area contributed by atoms with Crippen LogP contribution >= 0.6 is 0 Å². The first-order valence-corrected chi connectivity index (χ1v) is 4.88. The summed E-state index contributed by atoms with van der Waals surface area (Å²) in [6.07, 6.45) is 0. The number of aromatic carboxylic acids is 1. The zero-order valence-electron chi connectivity index (χ0n) is 9.47. The van der Waals surface area contributed by atoms with Crippen molar-refractivity contribution in [2.24, 2.45) is 5.10 Å². The highest BCUT2D eigenvalue weighted by Crippen LogP contribution is 2.14. The third kappa shape index (κ3) is 3.05. The number of anilines is 1. The van der Waals surface area contributed by atoms with E-state index in [0.29, 0.717) is 0 Å². The zero-order chi connectivity index (χ0) is 13.5. The fraction of sp³-hybridized carbons (Fsp3) is 0.0909. The summed E-state index contributed by atoms with van der Waals surface area (Å²) in [6.45, 7) is 0. The molecule has 1 rings (SSSR count). The predicted molar refractivity (Wildman–Crippen MR) is 64.1 cm³/mol. The number of nitriles is 1. The Hall–Kier alpha value is -2.88. The number of amides is 1. The smallest absolute Gasteiger partial charge is 0.337 e. The summed E-state index contributed by atoms with van der Waals surface area (Å²) in [5.41, 5.74) is 2.19. The zero-order valence-corrected chi connectivity index (χ0v) is 9.47. The van der Waals surface area contributed by atoms with Crippen LogP contribution < -0.4 is 10.7 Å². The van der Waals surface area contributed by atoms with E-state index in [0.717, 1.165) is 0 Å². The van der Waals surface area contributed by atoms with Gasteiger partial charge in [0.15, 0.2) is 0 Å². The standard InChI is InChI=1S/C11H10N4O3/c1-13-10(16)9(6-12)15-14-8-5-3-2-4-7(8)11(17)18/h2-5,14H,1H3,(H,13,16)(H,17,18)/b15-9+. The summed E-state index contributed by atoms with van der Waals surface area (Å²) in [7, 11) is 1.36. The van der Waals surface area contributed by atoms with Gasteiger partial charge in [-0.25, -0.2) is 4.79 Å². The molecule has 18 heavy (non-hydrogen) atoms. The van der Waals surface area contributed by atoms with Gasteiger partial charge in [-0.15, -0.1) is 0 Å². The van der Waals surface area contributed by atoms with Gasteiger partial charge in [-0.1, -0.05) is 12.1 Å². The number of para-hydroxylation sites is 1. The van der Waals surface area contributed by atoms with E-state index >= 15 is 0 Å². The topological polar surface area (TPSA) is 115 Å². The number of carboxylic acids is 1. The molecular weight excluding hydrogens is 236 g/mol. The first-order chi connectivity index (χ1) is 8.60. The van der Waals surface area contributed by atoms with Crippen molar-refractivity contribution in [2.45, 2.75) is 0 Å². The summed E-state index contributed by atoms with van der Waals surface area (Å²) in [5, 5.41) is 23.4. The van der Waals surface area contributed by atoms with Gasteiger partial charge in [0.05, 0.1) is 11.3 Å². The van der Waals surface area contributed by atoms with E-state index in [1.807, 2.05) is 0 Å². The van der Waals surface area contributed by atoms with E-state index < -0.39 is 17.6 Å². The molecule has 0 aromatic heterocycles. The van der Waals surface area contributed by atoms with Crippen LogP contribution in [-0.2, 0) is 4.79 Å². The number of hydrazone groups is 1. The molecule has 0 aliphatic rings. The van der Waals surface area contributed by atoms with Crippen molar-refractivity contribution in [3.05, 3.63) is 29.8 Å². The number of nitrogens with one attached hydrogen (secondary N) is 2. The molecule has 0 saturated heterocycles. The lowest BCUT2D eigenvalue weighted by Crippen LogP contribution is -2.27. The molecule has 1 aromatic rings. The summed E-state index contributed by atoms with van der Waals surface area (Å²) in [4.78, 5) is 22.1. The average molecular weight is 246 g/mol. The molecule has 0 aliphatic heterocycles. The van der Waals surface area contributed by atoms with Crippen molar-refractivity contribution in [1.29, 1.82) is 5.26 Å². The van der Waals surface area contributed by atoms with Crippen molar-refractivity contribution >= 4 is 23.3 Å². The normalized spacial score (nSPS) is 10.3. The number of rotatable bonds is 4. The second kappa shape index (κ2) is 6.00. The summed E-state index contributed by atoms with van der Waals surface area (Å²) in [6, 6.07) is 7.62. The Morgan fingerprint density at radius 3 is 2.61 bits per heavy atom. The number of carbonyl (C=O) groups excluding carboxylic acids is 1. The lowest BCUT2D eigenvalue weighted by molar-refractivity contribution is -0.114. The van der Waals surface area contributed by atoms with Gasteiger partial charge in [-0.3, -0.25) is 10.2 Å². The van der Waals surface area contributed by atoms with Gasteiger partial charge in [-0.2, -0.15) is 10.4 Å². The van der Waals surface area contributed by atoms with Gasteiger partial charge in [0.2, 0.25) is 5.71 Å². The first-order valence-electron chi connectivity index (χ1n) is 4.88. The van der Waals surface area contributed by atoms with Crippen molar-refractivity contribution in [1.82, 2.24) is 5.32 Å². The van der Waals surface area contributed by atoms with Crippen LogP contribution in [0.1, 0.15) is 10.4 Å². The fourth-order valence-corrected chi connectivity index (χ4v) is 1.13. The molecular formula is C11H10N4O3. The number of benzene rings is 1. The second-order valence-corrected chi connectivity index (χ2v) is 3.11. The molecule has 0 unspecified atom stereocenters. The van der Waals surface area contributed by atoms with Gasteiger partial charge in [0.25, 0.3) is 5.91 Å². The lowest BCUT2D eigenvalue weighted by atomic mass is 10.2. The highest BCUT2D eigenvalue weighted by Gasteiger charge is 2.11. The molecule has 1 amide bonds. The van der Waals surface area contributed by atoms with Crippen LogP contribution in [0, 0.1) is 11.3 Å². The van der Waals surface area contributed by atoms with Crippen LogP contribution in [0.3, 0.4) is 0 Å². The monoisotopic (exact) mass is 246 g/mol. The molecule has 7 nitrogen and oxygen atoms in total.